The van der Waals surface area contributed by atoms with E-state index in [9.17, 15) is 4.79 Å². The van der Waals surface area contributed by atoms with Gasteiger partial charge in [-0.25, -0.2) is 9.78 Å². The second kappa shape index (κ2) is 5.10. The quantitative estimate of drug-likeness (QED) is 0.854. The Morgan fingerprint density at radius 2 is 2.11 bits per heavy atom. The third-order valence-corrected chi connectivity index (χ3v) is 2.81. The van der Waals surface area contributed by atoms with Gasteiger partial charge in [0, 0.05) is 19.0 Å². The van der Waals surface area contributed by atoms with Crippen molar-refractivity contribution in [1.29, 1.82) is 0 Å². The van der Waals surface area contributed by atoms with Crippen molar-refractivity contribution in [3.05, 3.63) is 48.2 Å². The summed E-state index contributed by atoms with van der Waals surface area (Å²) in [6.45, 7) is 6.44. The topological polar surface area (TPSA) is 53.4 Å². The van der Waals surface area contributed by atoms with Gasteiger partial charge >= 0.3 is 5.97 Å². The highest BCUT2D eigenvalue weighted by atomic mass is 16.4. The molecule has 0 saturated heterocycles. The number of likely N-dealkylation sites (N-methyl/N-ethyl adjacent to an activating group) is 1. The molecule has 0 fully saturated rings. The highest BCUT2D eigenvalue weighted by Crippen LogP contribution is 2.25. The molecule has 0 saturated carbocycles. The molecule has 4 nitrogen and oxygen atoms in total. The molecule has 0 aliphatic heterocycles. The van der Waals surface area contributed by atoms with Crippen LogP contribution in [0.15, 0.2) is 42.5 Å². The summed E-state index contributed by atoms with van der Waals surface area (Å²) in [5.41, 5.74) is 1.05. The zero-order valence-corrected chi connectivity index (χ0v) is 11.1. The van der Waals surface area contributed by atoms with Crippen molar-refractivity contribution in [3.63, 3.8) is 0 Å². The van der Waals surface area contributed by atoms with Crippen molar-refractivity contribution in [2.75, 3.05) is 18.5 Å². The van der Waals surface area contributed by atoms with E-state index >= 15 is 0 Å². The largest absolute Gasteiger partial charge is 0.477 e. The fourth-order valence-corrected chi connectivity index (χ4v) is 2.06. The smallest absolute Gasteiger partial charge is 0.354 e. The Bertz CT molecular complexity index is 650. The highest BCUT2D eigenvalue weighted by Gasteiger charge is 2.13. The number of aromatic carboxylic acids is 1. The number of nitrogens with zero attached hydrogens (tertiary/aromatic N) is 2. The van der Waals surface area contributed by atoms with Crippen LogP contribution in [-0.2, 0) is 0 Å². The fourth-order valence-electron chi connectivity index (χ4n) is 2.06. The van der Waals surface area contributed by atoms with Gasteiger partial charge in [-0.3, -0.25) is 0 Å². The number of aromatic nitrogens is 1. The number of pyridine rings is 1. The molecule has 2 aromatic rings. The van der Waals surface area contributed by atoms with E-state index in [0.717, 1.165) is 16.3 Å². The maximum Gasteiger partial charge on any atom is 0.354 e. The molecule has 0 bridgehead atoms. The van der Waals surface area contributed by atoms with Crippen molar-refractivity contribution in [2.45, 2.75) is 6.92 Å². The average Bonchev–Trinajstić information content (AvgIpc) is 2.36. The minimum Gasteiger partial charge on any atom is -0.477 e. The first-order valence-electron chi connectivity index (χ1n) is 5.97. The Labute approximate surface area is 112 Å². The summed E-state index contributed by atoms with van der Waals surface area (Å²) in [7, 11) is 1.88. The summed E-state index contributed by atoms with van der Waals surface area (Å²) in [4.78, 5) is 17.3. The number of carbonyl (C=O) groups is 1. The van der Waals surface area contributed by atoms with Gasteiger partial charge in [-0.15, -0.1) is 0 Å². The van der Waals surface area contributed by atoms with Gasteiger partial charge in [-0.2, -0.15) is 0 Å². The van der Waals surface area contributed by atoms with E-state index in [1.807, 2.05) is 43.1 Å². The van der Waals surface area contributed by atoms with Gasteiger partial charge < -0.3 is 10.0 Å². The molecule has 2 rings (SSSR count). The standard InChI is InChI=1S/C15H16N2O2/c1-10(2)9-17(3)14-12-7-5-4-6-11(12)8-13(16-14)15(18)19/h4-8H,1,9H2,2-3H3,(H,18,19). The number of carboxylic acid groups (broad SMARTS) is 1. The second-order valence-corrected chi connectivity index (χ2v) is 4.67. The predicted molar refractivity (Wildman–Crippen MR) is 76.8 cm³/mol. The molecular weight excluding hydrogens is 240 g/mol. The molecule has 98 valence electrons. The van der Waals surface area contributed by atoms with Crippen LogP contribution in [0.5, 0.6) is 0 Å². The van der Waals surface area contributed by atoms with Crippen molar-refractivity contribution >= 4 is 22.6 Å². The maximum atomic E-state index is 11.1. The molecule has 0 radical (unpaired) electrons. The van der Waals surface area contributed by atoms with Gasteiger partial charge in [-0.1, -0.05) is 36.4 Å². The maximum absolute atomic E-state index is 11.1. The molecule has 1 heterocycles. The van der Waals surface area contributed by atoms with Crippen LogP contribution in [0.25, 0.3) is 10.8 Å². The summed E-state index contributed by atoms with van der Waals surface area (Å²) in [6.07, 6.45) is 0. The summed E-state index contributed by atoms with van der Waals surface area (Å²) < 4.78 is 0. The van der Waals surface area contributed by atoms with Gasteiger partial charge in [0.1, 0.15) is 5.82 Å². The van der Waals surface area contributed by atoms with Gasteiger partial charge in [0.2, 0.25) is 0 Å². The SMILES string of the molecule is C=C(C)CN(C)c1nc(C(=O)O)cc2ccccc12. The van der Waals surface area contributed by atoms with Gasteiger partial charge in [-0.05, 0) is 18.4 Å². The number of benzene rings is 1. The molecule has 0 unspecified atom stereocenters. The van der Waals surface area contributed by atoms with Crippen molar-refractivity contribution in [1.82, 2.24) is 4.98 Å². The van der Waals surface area contributed by atoms with Crippen LogP contribution in [0.1, 0.15) is 17.4 Å². The monoisotopic (exact) mass is 256 g/mol. The van der Waals surface area contributed by atoms with E-state index in [1.54, 1.807) is 6.07 Å². The zero-order valence-electron chi connectivity index (χ0n) is 11.1. The Morgan fingerprint density at radius 1 is 1.42 bits per heavy atom. The Hall–Kier alpha value is -2.36. The molecule has 0 spiro atoms. The summed E-state index contributed by atoms with van der Waals surface area (Å²) in [5, 5.41) is 10.9. The lowest BCUT2D eigenvalue weighted by Crippen LogP contribution is -2.21. The van der Waals surface area contributed by atoms with E-state index in [1.165, 1.54) is 0 Å². The normalized spacial score (nSPS) is 10.4. The minimum absolute atomic E-state index is 0.0577. The van der Waals surface area contributed by atoms with Crippen molar-refractivity contribution < 1.29 is 9.90 Å². The van der Waals surface area contributed by atoms with Crippen LogP contribution in [0.3, 0.4) is 0 Å². The molecule has 0 aliphatic carbocycles. The van der Waals surface area contributed by atoms with E-state index in [-0.39, 0.29) is 5.69 Å². The number of hydrogen-bond acceptors (Lipinski definition) is 3. The first-order valence-corrected chi connectivity index (χ1v) is 5.97. The summed E-state index contributed by atoms with van der Waals surface area (Å²) in [5.74, 6) is -0.353. The van der Waals surface area contributed by atoms with E-state index in [4.69, 9.17) is 5.11 Å². The number of anilines is 1. The first kappa shape index (κ1) is 13.1. The minimum atomic E-state index is -1.02. The molecule has 0 aliphatic rings. The molecule has 1 aromatic carbocycles. The Morgan fingerprint density at radius 3 is 2.74 bits per heavy atom. The van der Waals surface area contributed by atoms with Crippen LogP contribution in [0, 0.1) is 0 Å². The lowest BCUT2D eigenvalue weighted by Gasteiger charge is -2.20. The van der Waals surface area contributed by atoms with Crippen LogP contribution in [0.4, 0.5) is 5.82 Å². The number of carboxylic acids is 1. The zero-order chi connectivity index (χ0) is 14.0. The van der Waals surface area contributed by atoms with E-state index < -0.39 is 5.97 Å². The fraction of sp³-hybridized carbons (Fsp3) is 0.200. The Balaban J connectivity index is 2.62. The van der Waals surface area contributed by atoms with Crippen molar-refractivity contribution in [3.8, 4) is 0 Å². The molecule has 4 heteroatoms. The molecule has 1 aromatic heterocycles. The molecule has 1 N–H and O–H groups in total. The predicted octanol–water partition coefficient (Wildman–Crippen LogP) is 2.95. The third-order valence-electron chi connectivity index (χ3n) is 2.81. The van der Waals surface area contributed by atoms with E-state index in [0.29, 0.717) is 12.4 Å². The lowest BCUT2D eigenvalue weighted by atomic mass is 10.1. The second-order valence-electron chi connectivity index (χ2n) is 4.67. The van der Waals surface area contributed by atoms with Gasteiger partial charge in [0.15, 0.2) is 5.69 Å². The number of fused-ring (bicyclic) bond motifs is 1. The van der Waals surface area contributed by atoms with E-state index in [2.05, 4.69) is 11.6 Å². The molecule has 0 amide bonds. The molecule has 19 heavy (non-hydrogen) atoms. The number of hydrogen-bond donors (Lipinski definition) is 1. The molecule has 0 atom stereocenters. The van der Waals surface area contributed by atoms with Crippen LogP contribution < -0.4 is 4.90 Å². The number of rotatable bonds is 4. The van der Waals surface area contributed by atoms with Crippen LogP contribution in [-0.4, -0.2) is 29.7 Å². The average molecular weight is 256 g/mol. The van der Waals surface area contributed by atoms with Crippen molar-refractivity contribution in [2.24, 2.45) is 0 Å². The lowest BCUT2D eigenvalue weighted by molar-refractivity contribution is 0.0691. The third kappa shape index (κ3) is 2.73. The van der Waals surface area contributed by atoms with Crippen LogP contribution >= 0.6 is 0 Å². The Kier molecular flexibility index (Phi) is 3.51. The van der Waals surface area contributed by atoms with Gasteiger partial charge in [0.05, 0.1) is 0 Å². The summed E-state index contributed by atoms with van der Waals surface area (Å²) in [6, 6.07) is 9.23. The summed E-state index contributed by atoms with van der Waals surface area (Å²) >= 11 is 0. The van der Waals surface area contributed by atoms with Gasteiger partial charge in [0.25, 0.3) is 0 Å². The molecular formula is C15H16N2O2. The first-order chi connectivity index (χ1) is 8.99. The van der Waals surface area contributed by atoms with Crippen LogP contribution in [0.2, 0.25) is 0 Å². The highest BCUT2D eigenvalue weighted by molar-refractivity contribution is 5.98.